The summed E-state index contributed by atoms with van der Waals surface area (Å²) >= 11 is 0. The van der Waals surface area contributed by atoms with Crippen LogP contribution < -0.4 is 0 Å². The Labute approximate surface area is 229 Å². The van der Waals surface area contributed by atoms with Crippen LogP contribution in [0.5, 0.6) is 0 Å². The summed E-state index contributed by atoms with van der Waals surface area (Å²) in [5.74, 6) is 3.48. The lowest BCUT2D eigenvalue weighted by molar-refractivity contribution is -0.306. The van der Waals surface area contributed by atoms with Crippen LogP contribution in [0.3, 0.4) is 0 Å². The van der Waals surface area contributed by atoms with E-state index in [4.69, 9.17) is 4.74 Å². The van der Waals surface area contributed by atoms with Crippen molar-refractivity contribution in [1.29, 1.82) is 0 Å². The average Bonchev–Trinajstić information content (AvgIpc) is 3.27. The van der Waals surface area contributed by atoms with Crippen LogP contribution in [-0.2, 0) is 9.53 Å². The SMILES string of the molecule is C[C@@H](CC=C(c1ccccc1)c1ccccc1)[C@@H]1C[C@H]2[C@@H]3CC[C@@H]4C[C@H]5CC[C@]4(C)[C@@]3(O5)C(=O)C[C@]2(C)C1. The van der Waals surface area contributed by atoms with E-state index < -0.39 is 5.60 Å². The minimum atomic E-state index is -0.479. The Balaban J connectivity index is 1.15. The normalized spacial score (nSPS) is 41.8. The van der Waals surface area contributed by atoms with E-state index in [1.54, 1.807) is 0 Å². The zero-order chi connectivity index (χ0) is 26.1. The Morgan fingerprint density at radius 2 is 1.63 bits per heavy atom. The Bertz CT molecular complexity index is 1190. The van der Waals surface area contributed by atoms with Crippen molar-refractivity contribution in [3.8, 4) is 0 Å². The van der Waals surface area contributed by atoms with Gasteiger partial charge in [0.2, 0.25) is 0 Å². The van der Waals surface area contributed by atoms with Gasteiger partial charge in [-0.05, 0) is 103 Å². The van der Waals surface area contributed by atoms with Crippen LogP contribution in [-0.4, -0.2) is 17.5 Å². The summed E-state index contributed by atoms with van der Waals surface area (Å²) in [6.07, 6.45) is 13.2. The van der Waals surface area contributed by atoms with Crippen molar-refractivity contribution in [2.75, 3.05) is 0 Å². The van der Waals surface area contributed by atoms with Crippen LogP contribution in [0.1, 0.15) is 89.7 Å². The molecule has 200 valence electrons. The van der Waals surface area contributed by atoms with E-state index in [-0.39, 0.29) is 10.8 Å². The molecule has 4 bridgehead atoms. The van der Waals surface area contributed by atoms with E-state index in [1.165, 1.54) is 55.2 Å². The van der Waals surface area contributed by atoms with E-state index in [0.29, 0.717) is 41.5 Å². The molecular formula is C36H44O2. The maximum absolute atomic E-state index is 14.2. The molecule has 6 aliphatic rings. The maximum Gasteiger partial charge on any atom is 0.166 e. The number of hydrogen-bond acceptors (Lipinski definition) is 2. The molecule has 2 nitrogen and oxygen atoms in total. The number of hydrogen-bond donors (Lipinski definition) is 0. The highest BCUT2D eigenvalue weighted by Gasteiger charge is 2.74. The second-order valence-electron chi connectivity index (χ2n) is 14.2. The largest absolute Gasteiger partial charge is 0.363 e. The number of Topliss-reactive ketones (excluding diaryl/α,β-unsaturated/α-hetero) is 1. The van der Waals surface area contributed by atoms with Crippen LogP contribution in [0, 0.1) is 40.4 Å². The van der Waals surface area contributed by atoms with E-state index in [9.17, 15) is 4.79 Å². The number of fused-ring (bicyclic) bond motifs is 3. The lowest BCUT2D eigenvalue weighted by Gasteiger charge is -2.70. The van der Waals surface area contributed by atoms with Gasteiger partial charge in [0.15, 0.2) is 5.78 Å². The minimum absolute atomic E-state index is 0.0653. The molecule has 4 aliphatic carbocycles. The molecule has 0 N–H and O–H groups in total. The van der Waals surface area contributed by atoms with Crippen molar-refractivity contribution < 1.29 is 9.53 Å². The third-order valence-corrected chi connectivity index (χ3v) is 12.3. The van der Waals surface area contributed by atoms with Crippen LogP contribution in [0.2, 0.25) is 0 Å². The maximum atomic E-state index is 14.2. The molecule has 2 heterocycles. The molecule has 2 aliphatic heterocycles. The van der Waals surface area contributed by atoms with Gasteiger partial charge in [0.1, 0.15) is 5.60 Å². The zero-order valence-corrected chi connectivity index (χ0v) is 23.5. The van der Waals surface area contributed by atoms with Gasteiger partial charge in [-0.2, -0.15) is 0 Å². The first-order valence-corrected chi connectivity index (χ1v) is 15.4. The Hall–Kier alpha value is -2.19. The molecule has 1 spiro atoms. The van der Waals surface area contributed by atoms with E-state index >= 15 is 0 Å². The molecule has 0 amide bonds. The fraction of sp³-hybridized carbons (Fsp3) is 0.583. The molecule has 9 atom stereocenters. The van der Waals surface area contributed by atoms with Crippen LogP contribution in [0.15, 0.2) is 66.7 Å². The van der Waals surface area contributed by atoms with Crippen molar-refractivity contribution in [1.82, 2.24) is 0 Å². The highest BCUT2D eigenvalue weighted by Crippen LogP contribution is 2.72. The van der Waals surface area contributed by atoms with Crippen molar-refractivity contribution in [2.24, 2.45) is 40.4 Å². The van der Waals surface area contributed by atoms with E-state index in [0.717, 1.165) is 19.3 Å². The van der Waals surface area contributed by atoms with Crippen LogP contribution in [0.4, 0.5) is 0 Å². The van der Waals surface area contributed by atoms with Gasteiger partial charge in [-0.15, -0.1) is 0 Å². The molecule has 0 radical (unpaired) electrons. The van der Waals surface area contributed by atoms with E-state index in [2.05, 4.69) is 87.5 Å². The van der Waals surface area contributed by atoms with Gasteiger partial charge in [0, 0.05) is 11.8 Å². The summed E-state index contributed by atoms with van der Waals surface area (Å²) in [7, 11) is 0. The molecule has 0 unspecified atom stereocenters. The second-order valence-corrected chi connectivity index (χ2v) is 14.2. The molecule has 4 saturated carbocycles. The third kappa shape index (κ3) is 3.51. The van der Waals surface area contributed by atoms with Crippen LogP contribution >= 0.6 is 0 Å². The molecule has 2 heteroatoms. The molecule has 2 aromatic carbocycles. The monoisotopic (exact) mass is 508 g/mol. The fourth-order valence-corrected chi connectivity index (χ4v) is 10.3. The van der Waals surface area contributed by atoms with Gasteiger partial charge in [-0.1, -0.05) is 87.5 Å². The van der Waals surface area contributed by atoms with Gasteiger partial charge in [-0.3, -0.25) is 4.79 Å². The molecule has 8 rings (SSSR count). The number of benzene rings is 2. The Kier molecular flexibility index (Phi) is 5.82. The highest BCUT2D eigenvalue weighted by atomic mass is 16.5. The number of rotatable bonds is 5. The minimum Gasteiger partial charge on any atom is -0.363 e. The van der Waals surface area contributed by atoms with Crippen molar-refractivity contribution in [3.63, 3.8) is 0 Å². The van der Waals surface area contributed by atoms with Crippen molar-refractivity contribution in [2.45, 2.75) is 90.3 Å². The summed E-state index contributed by atoms with van der Waals surface area (Å²) in [4.78, 5) is 14.2. The summed E-state index contributed by atoms with van der Waals surface area (Å²) < 4.78 is 6.93. The Morgan fingerprint density at radius 1 is 0.947 bits per heavy atom. The van der Waals surface area contributed by atoms with Crippen molar-refractivity contribution >= 4 is 11.4 Å². The topological polar surface area (TPSA) is 26.3 Å². The highest BCUT2D eigenvalue weighted by molar-refractivity contribution is 5.91. The summed E-state index contributed by atoms with van der Waals surface area (Å²) in [6.45, 7) is 7.36. The van der Waals surface area contributed by atoms with E-state index in [1.807, 2.05) is 0 Å². The van der Waals surface area contributed by atoms with Gasteiger partial charge in [0.25, 0.3) is 0 Å². The fourth-order valence-electron chi connectivity index (χ4n) is 10.3. The number of ketones is 1. The smallest absolute Gasteiger partial charge is 0.166 e. The van der Waals surface area contributed by atoms with Crippen molar-refractivity contribution in [3.05, 3.63) is 77.9 Å². The second kappa shape index (κ2) is 8.91. The number of allylic oxidation sites excluding steroid dienone is 1. The predicted molar refractivity (Wildman–Crippen MR) is 153 cm³/mol. The first kappa shape index (κ1) is 24.8. The summed E-state index contributed by atoms with van der Waals surface area (Å²) in [5.41, 5.74) is 3.65. The lowest BCUT2D eigenvalue weighted by atomic mass is 9.41. The summed E-state index contributed by atoms with van der Waals surface area (Å²) in [5, 5.41) is 0. The molecule has 0 aromatic heterocycles. The van der Waals surface area contributed by atoms with Crippen LogP contribution in [0.25, 0.3) is 5.57 Å². The number of carbonyl (C=O) groups is 1. The van der Waals surface area contributed by atoms with Gasteiger partial charge in [0.05, 0.1) is 6.10 Å². The molecular weight excluding hydrogens is 464 g/mol. The third-order valence-electron chi connectivity index (χ3n) is 12.3. The first-order chi connectivity index (χ1) is 18.3. The average molecular weight is 509 g/mol. The standard InChI is InChI=1S/C36H44O2/c1-24(14-16-30(25-10-6-4-7-11-25)26-12-8-5-9-13-26)27-20-32-31-17-15-28-21-29-18-19-35(28,3)36(31,38-29)33(37)23-34(32,2)22-27/h4-13,16,24,27-29,31-32H,14-15,17-23H2,1-3H3/t24-,27+,28+,29+,31-,32-,34-,35-,36-/m0/s1. The number of carbonyl (C=O) groups excluding carboxylic acids is 1. The molecule has 38 heavy (non-hydrogen) atoms. The van der Waals surface area contributed by atoms with Gasteiger partial charge >= 0.3 is 0 Å². The van der Waals surface area contributed by atoms with Gasteiger partial charge < -0.3 is 4.74 Å². The molecule has 6 fully saturated rings. The number of ether oxygens (including phenoxy) is 1. The first-order valence-electron chi connectivity index (χ1n) is 15.4. The molecule has 2 aromatic rings. The molecule has 2 saturated heterocycles. The summed E-state index contributed by atoms with van der Waals surface area (Å²) in [6, 6.07) is 21.7. The Morgan fingerprint density at radius 3 is 2.32 bits per heavy atom. The quantitative estimate of drug-likeness (QED) is 0.405. The predicted octanol–water partition coefficient (Wildman–Crippen LogP) is 8.50. The lowest BCUT2D eigenvalue weighted by Crippen LogP contribution is -2.74. The zero-order valence-electron chi connectivity index (χ0n) is 23.5. The van der Waals surface area contributed by atoms with Gasteiger partial charge in [-0.25, -0.2) is 0 Å².